The normalized spacial score (nSPS) is 15.9. The van der Waals surface area contributed by atoms with Crippen LogP contribution in [0, 0.1) is 0 Å². The first kappa shape index (κ1) is 22.4. The molecule has 1 unspecified atom stereocenters. The third kappa shape index (κ3) is 6.34. The quantitative estimate of drug-likeness (QED) is 0.607. The number of ether oxygens (including phenoxy) is 1. The second-order valence-electron chi connectivity index (χ2n) is 7.65. The van der Waals surface area contributed by atoms with Crippen LogP contribution in [0.1, 0.15) is 32.4 Å². The Hall–Kier alpha value is -2.32. The second-order valence-corrected chi connectivity index (χ2v) is 8.56. The lowest BCUT2D eigenvalue weighted by molar-refractivity contribution is -0.134. The molecule has 1 aliphatic heterocycles. The van der Waals surface area contributed by atoms with E-state index in [1.54, 1.807) is 17.2 Å². The topological polar surface area (TPSA) is 75.0 Å². The number of halogens is 1. The molecule has 1 aromatic carbocycles. The van der Waals surface area contributed by atoms with E-state index in [4.69, 9.17) is 9.15 Å². The summed E-state index contributed by atoms with van der Waals surface area (Å²) < 4.78 is 12.1. The van der Waals surface area contributed by atoms with Crippen LogP contribution in [0.15, 0.2) is 51.6 Å². The van der Waals surface area contributed by atoms with Gasteiger partial charge in [0, 0.05) is 29.4 Å². The van der Waals surface area contributed by atoms with Crippen LogP contribution in [0.3, 0.4) is 0 Å². The molecular weight excluding hydrogens is 450 g/mol. The zero-order valence-corrected chi connectivity index (χ0v) is 18.9. The van der Waals surface area contributed by atoms with Gasteiger partial charge >= 0.3 is 6.03 Å². The number of nitrogens with zero attached hydrogens (tertiary/aromatic N) is 2. The maximum atomic E-state index is 13.2. The van der Waals surface area contributed by atoms with Gasteiger partial charge in [-0.25, -0.2) is 4.79 Å². The van der Waals surface area contributed by atoms with Gasteiger partial charge in [-0.05, 0) is 63.1 Å². The fourth-order valence-corrected chi connectivity index (χ4v) is 3.61. The molecule has 3 amide bonds. The highest BCUT2D eigenvalue weighted by Gasteiger charge is 2.27. The molecule has 162 valence electrons. The Morgan fingerprint density at radius 2 is 2.00 bits per heavy atom. The first-order chi connectivity index (χ1) is 14.4. The van der Waals surface area contributed by atoms with Crippen LogP contribution in [0.5, 0.6) is 0 Å². The minimum absolute atomic E-state index is 0.0204. The number of hydrogen-bond acceptors (Lipinski definition) is 4. The van der Waals surface area contributed by atoms with Crippen LogP contribution in [0.25, 0.3) is 0 Å². The fourth-order valence-electron chi connectivity index (χ4n) is 3.34. The first-order valence-corrected chi connectivity index (χ1v) is 11.0. The van der Waals surface area contributed by atoms with Gasteiger partial charge in [0.2, 0.25) is 5.91 Å². The highest BCUT2D eigenvalue weighted by Crippen LogP contribution is 2.17. The molecule has 0 spiro atoms. The fraction of sp³-hybridized carbons (Fsp3) is 0.455. The number of carbonyl (C=O) groups excluding carboxylic acids is 2. The number of rotatable bonds is 8. The van der Waals surface area contributed by atoms with Crippen molar-refractivity contribution < 1.29 is 18.7 Å². The molecule has 1 aliphatic rings. The van der Waals surface area contributed by atoms with E-state index >= 15 is 0 Å². The van der Waals surface area contributed by atoms with Gasteiger partial charge in [-0.3, -0.25) is 4.79 Å². The van der Waals surface area contributed by atoms with Crippen molar-refractivity contribution in [3.05, 3.63) is 52.9 Å². The lowest BCUT2D eigenvalue weighted by atomic mass is 10.2. The van der Waals surface area contributed by atoms with E-state index in [1.165, 1.54) is 4.90 Å². The van der Waals surface area contributed by atoms with Crippen LogP contribution >= 0.6 is 15.9 Å². The van der Waals surface area contributed by atoms with Gasteiger partial charge in [0.05, 0.1) is 18.9 Å². The van der Waals surface area contributed by atoms with E-state index in [0.29, 0.717) is 24.5 Å². The van der Waals surface area contributed by atoms with Gasteiger partial charge in [0.25, 0.3) is 0 Å². The summed E-state index contributed by atoms with van der Waals surface area (Å²) in [5, 5.41) is 2.87. The molecule has 1 fully saturated rings. The number of amides is 3. The Morgan fingerprint density at radius 3 is 2.60 bits per heavy atom. The first-order valence-electron chi connectivity index (χ1n) is 10.2. The number of anilines is 1. The van der Waals surface area contributed by atoms with E-state index in [2.05, 4.69) is 21.2 Å². The van der Waals surface area contributed by atoms with Crippen LogP contribution in [-0.2, 0) is 16.1 Å². The van der Waals surface area contributed by atoms with E-state index < -0.39 is 0 Å². The number of hydrogen-bond donors (Lipinski definition) is 1. The SMILES string of the molecule is CC(C)N(CC(=O)N(Cc1ccco1)CC1CCCO1)C(=O)Nc1ccc(Br)cc1. The molecule has 7 nitrogen and oxygen atoms in total. The molecule has 0 aliphatic carbocycles. The smallest absolute Gasteiger partial charge is 0.322 e. The zero-order chi connectivity index (χ0) is 21.5. The second kappa shape index (κ2) is 10.6. The third-order valence-corrected chi connectivity index (χ3v) is 5.54. The maximum absolute atomic E-state index is 13.2. The largest absolute Gasteiger partial charge is 0.467 e. The van der Waals surface area contributed by atoms with Gasteiger partial charge in [0.1, 0.15) is 12.3 Å². The van der Waals surface area contributed by atoms with E-state index in [1.807, 2.05) is 44.2 Å². The van der Waals surface area contributed by atoms with Crippen LogP contribution in [0.4, 0.5) is 10.5 Å². The highest BCUT2D eigenvalue weighted by molar-refractivity contribution is 9.10. The minimum Gasteiger partial charge on any atom is -0.467 e. The summed E-state index contributed by atoms with van der Waals surface area (Å²) in [6.45, 7) is 5.33. The molecule has 2 aromatic rings. The molecule has 1 aromatic heterocycles. The lowest BCUT2D eigenvalue weighted by Gasteiger charge is -2.30. The summed E-state index contributed by atoms with van der Waals surface area (Å²) in [6.07, 6.45) is 3.55. The molecule has 8 heteroatoms. The maximum Gasteiger partial charge on any atom is 0.322 e. The lowest BCUT2D eigenvalue weighted by Crippen LogP contribution is -2.48. The van der Waals surface area contributed by atoms with Gasteiger partial charge in [-0.15, -0.1) is 0 Å². The summed E-state index contributed by atoms with van der Waals surface area (Å²) in [5.41, 5.74) is 0.674. The van der Waals surface area contributed by atoms with E-state index in [9.17, 15) is 9.59 Å². The van der Waals surface area contributed by atoms with Gasteiger partial charge in [-0.2, -0.15) is 0 Å². The van der Waals surface area contributed by atoms with E-state index in [-0.39, 0.29) is 30.6 Å². The van der Waals surface area contributed by atoms with Crippen LogP contribution in [-0.4, -0.2) is 53.6 Å². The van der Waals surface area contributed by atoms with Crippen molar-refractivity contribution in [2.45, 2.75) is 45.4 Å². The monoisotopic (exact) mass is 477 g/mol. The molecule has 2 heterocycles. The van der Waals surface area contributed by atoms with Crippen molar-refractivity contribution in [1.29, 1.82) is 0 Å². The van der Waals surface area contributed by atoms with Crippen molar-refractivity contribution in [2.75, 3.05) is 25.0 Å². The number of nitrogens with one attached hydrogen (secondary N) is 1. The molecule has 1 saturated heterocycles. The number of benzene rings is 1. The Balaban J connectivity index is 1.67. The number of urea groups is 1. The summed E-state index contributed by atoms with van der Waals surface area (Å²) in [6, 6.07) is 10.5. The third-order valence-electron chi connectivity index (χ3n) is 5.01. The van der Waals surface area contributed by atoms with Gasteiger partial charge in [-0.1, -0.05) is 15.9 Å². The number of furan rings is 1. The van der Waals surface area contributed by atoms with Crippen molar-refractivity contribution in [1.82, 2.24) is 9.80 Å². The molecule has 3 rings (SSSR count). The Kier molecular flexibility index (Phi) is 7.93. The minimum atomic E-state index is -0.310. The van der Waals surface area contributed by atoms with Crippen molar-refractivity contribution in [3.8, 4) is 0 Å². The predicted molar refractivity (Wildman–Crippen MR) is 118 cm³/mol. The standard InChI is InChI=1S/C22H28BrN3O4/c1-16(2)26(22(28)24-18-9-7-17(23)8-10-18)15-21(27)25(13-19-5-3-11-29-19)14-20-6-4-12-30-20/h3,5,7-11,16,20H,4,6,12-15H2,1-2H3,(H,24,28). The van der Waals surface area contributed by atoms with Crippen molar-refractivity contribution in [3.63, 3.8) is 0 Å². The molecule has 0 saturated carbocycles. The molecular formula is C22H28BrN3O4. The van der Waals surface area contributed by atoms with Crippen LogP contribution < -0.4 is 5.32 Å². The summed E-state index contributed by atoms with van der Waals surface area (Å²) >= 11 is 3.38. The molecule has 30 heavy (non-hydrogen) atoms. The summed E-state index contributed by atoms with van der Waals surface area (Å²) in [7, 11) is 0. The van der Waals surface area contributed by atoms with Crippen molar-refractivity contribution >= 4 is 33.6 Å². The summed E-state index contributed by atoms with van der Waals surface area (Å²) in [5.74, 6) is 0.568. The Morgan fingerprint density at radius 1 is 1.23 bits per heavy atom. The Bertz CT molecular complexity index is 817. The van der Waals surface area contributed by atoms with Gasteiger partial charge < -0.3 is 24.3 Å². The average molecular weight is 478 g/mol. The van der Waals surface area contributed by atoms with Crippen molar-refractivity contribution in [2.24, 2.45) is 0 Å². The van der Waals surface area contributed by atoms with Crippen LogP contribution in [0.2, 0.25) is 0 Å². The molecule has 0 bridgehead atoms. The Labute approximate surface area is 185 Å². The number of carbonyl (C=O) groups is 2. The molecule has 0 radical (unpaired) electrons. The average Bonchev–Trinajstić information content (AvgIpc) is 3.41. The molecule has 1 N–H and O–H groups in total. The predicted octanol–water partition coefficient (Wildman–Crippen LogP) is 4.49. The van der Waals surface area contributed by atoms with Gasteiger partial charge in [0.15, 0.2) is 0 Å². The highest BCUT2D eigenvalue weighted by atomic mass is 79.9. The summed E-state index contributed by atoms with van der Waals surface area (Å²) in [4.78, 5) is 29.3. The zero-order valence-electron chi connectivity index (χ0n) is 17.3. The van der Waals surface area contributed by atoms with E-state index in [0.717, 1.165) is 23.9 Å². The molecule has 1 atom stereocenters.